The third-order valence-corrected chi connectivity index (χ3v) is 5.75. The van der Waals surface area contributed by atoms with E-state index in [0.717, 1.165) is 16.8 Å². The number of carbonyl (C=O) groups is 3. The van der Waals surface area contributed by atoms with E-state index in [0.29, 0.717) is 16.3 Å². The quantitative estimate of drug-likeness (QED) is 0.458. The molecule has 3 rings (SSSR count). The average molecular weight is 477 g/mol. The van der Waals surface area contributed by atoms with Crippen LogP contribution in [0.15, 0.2) is 53.4 Å². The lowest BCUT2D eigenvalue weighted by molar-refractivity contribution is -0.145. The third kappa shape index (κ3) is 5.43. The zero-order valence-corrected chi connectivity index (χ0v) is 18.6. The van der Waals surface area contributed by atoms with Gasteiger partial charge in [-0.15, -0.1) is 0 Å². The minimum atomic E-state index is -1.08. The summed E-state index contributed by atoms with van der Waals surface area (Å²) in [6, 6.07) is 13.1. The predicted molar refractivity (Wildman–Crippen MR) is 123 cm³/mol. The highest BCUT2D eigenvalue weighted by Gasteiger charge is 2.34. The van der Waals surface area contributed by atoms with Crippen molar-refractivity contribution in [1.82, 2.24) is 10.4 Å². The van der Waals surface area contributed by atoms with Crippen molar-refractivity contribution in [3.05, 3.63) is 69.6 Å². The molecule has 31 heavy (non-hydrogen) atoms. The van der Waals surface area contributed by atoms with Gasteiger partial charge in [-0.05, 0) is 49.0 Å². The molecule has 2 N–H and O–H groups in total. The van der Waals surface area contributed by atoms with E-state index in [1.807, 2.05) is 0 Å². The van der Waals surface area contributed by atoms with E-state index < -0.39 is 23.9 Å². The van der Waals surface area contributed by atoms with Gasteiger partial charge in [-0.2, -0.15) is 5.01 Å². The number of nitrogens with zero attached hydrogens (tertiary/aromatic N) is 1. The summed E-state index contributed by atoms with van der Waals surface area (Å²) >= 11 is 12.2. The average Bonchev–Trinajstić information content (AvgIpc) is 3.00. The van der Waals surface area contributed by atoms with Gasteiger partial charge in [0.15, 0.2) is 10.4 Å². The molecule has 0 aliphatic carbocycles. The van der Waals surface area contributed by atoms with Crippen LogP contribution in [-0.2, 0) is 9.59 Å². The standard InChI is InChI=1S/C21H17ClN2O5S2/c1-2-15(20(27)28)29-16-9-4-3-6-12(16)11-17-19(26)24(21(30)31-17)23-18(25)13-7-5-8-14(22)10-13/h3-11,15H,2H2,1H3,(H,23,25)(H,27,28)/b17-11+. The Kier molecular flexibility index (Phi) is 7.32. The Balaban J connectivity index is 1.81. The van der Waals surface area contributed by atoms with Gasteiger partial charge in [0.1, 0.15) is 5.75 Å². The van der Waals surface area contributed by atoms with Gasteiger partial charge < -0.3 is 9.84 Å². The van der Waals surface area contributed by atoms with Crippen molar-refractivity contribution in [2.75, 3.05) is 0 Å². The van der Waals surface area contributed by atoms with Crippen LogP contribution in [0.3, 0.4) is 0 Å². The highest BCUT2D eigenvalue weighted by atomic mass is 35.5. The number of para-hydroxylation sites is 1. The number of aliphatic carboxylic acids is 1. The number of nitrogens with one attached hydrogen (secondary N) is 1. The van der Waals surface area contributed by atoms with Gasteiger partial charge in [0.25, 0.3) is 11.8 Å². The van der Waals surface area contributed by atoms with Gasteiger partial charge in [-0.1, -0.05) is 54.6 Å². The predicted octanol–water partition coefficient (Wildman–Crippen LogP) is 4.13. The normalized spacial score (nSPS) is 15.8. The van der Waals surface area contributed by atoms with Crippen LogP contribution in [0.4, 0.5) is 0 Å². The Morgan fingerprint density at radius 2 is 2.03 bits per heavy atom. The number of hydrazine groups is 1. The lowest BCUT2D eigenvalue weighted by atomic mass is 10.1. The van der Waals surface area contributed by atoms with Crippen LogP contribution < -0.4 is 10.2 Å². The number of carboxylic acid groups (broad SMARTS) is 1. The van der Waals surface area contributed by atoms with Crippen LogP contribution in [0.5, 0.6) is 5.75 Å². The molecule has 0 saturated carbocycles. The molecule has 10 heteroatoms. The fourth-order valence-corrected chi connectivity index (χ4v) is 4.03. The number of benzene rings is 2. The highest BCUT2D eigenvalue weighted by molar-refractivity contribution is 8.26. The number of hydrogen-bond acceptors (Lipinski definition) is 6. The van der Waals surface area contributed by atoms with Crippen LogP contribution in [0.1, 0.15) is 29.3 Å². The van der Waals surface area contributed by atoms with Crippen molar-refractivity contribution in [2.24, 2.45) is 0 Å². The van der Waals surface area contributed by atoms with Crippen molar-refractivity contribution in [3.8, 4) is 5.75 Å². The first-order chi connectivity index (χ1) is 14.8. The second-order valence-corrected chi connectivity index (χ2v) is 8.47. The van der Waals surface area contributed by atoms with Crippen LogP contribution >= 0.6 is 35.6 Å². The summed E-state index contributed by atoms with van der Waals surface area (Å²) in [6.07, 6.45) is 0.817. The number of amides is 2. The number of halogens is 1. The van der Waals surface area contributed by atoms with Crippen LogP contribution in [0.2, 0.25) is 5.02 Å². The Morgan fingerprint density at radius 1 is 1.29 bits per heavy atom. The monoisotopic (exact) mass is 476 g/mol. The summed E-state index contributed by atoms with van der Waals surface area (Å²) in [5.74, 6) is -1.79. The summed E-state index contributed by atoms with van der Waals surface area (Å²) in [6.45, 7) is 1.70. The van der Waals surface area contributed by atoms with Crippen molar-refractivity contribution >= 4 is 63.8 Å². The number of thiocarbonyl (C=S) groups is 1. The molecule has 2 aromatic rings. The second kappa shape index (κ2) is 9.95. The van der Waals surface area contributed by atoms with Gasteiger partial charge in [0.05, 0.1) is 4.91 Å². The fraction of sp³-hybridized carbons (Fsp3) is 0.143. The molecule has 2 aromatic carbocycles. The van der Waals surface area contributed by atoms with Crippen molar-refractivity contribution in [1.29, 1.82) is 0 Å². The zero-order valence-electron chi connectivity index (χ0n) is 16.2. The Labute approximate surface area is 193 Å². The van der Waals surface area contributed by atoms with E-state index in [4.69, 9.17) is 28.6 Å². The molecule has 1 aliphatic heterocycles. The summed E-state index contributed by atoms with van der Waals surface area (Å²) in [5.41, 5.74) is 3.28. The molecule has 7 nitrogen and oxygen atoms in total. The minimum absolute atomic E-state index is 0.155. The topological polar surface area (TPSA) is 95.9 Å². The SMILES string of the molecule is CCC(Oc1ccccc1/C=C1/SC(=S)N(NC(=O)c2cccc(Cl)c2)C1=O)C(=O)O. The van der Waals surface area contributed by atoms with Crippen LogP contribution in [-0.4, -0.2) is 38.3 Å². The molecule has 1 fully saturated rings. The zero-order chi connectivity index (χ0) is 22.5. The smallest absolute Gasteiger partial charge is 0.344 e. The number of rotatable bonds is 7. The molecule has 1 saturated heterocycles. The Bertz CT molecular complexity index is 1090. The maximum Gasteiger partial charge on any atom is 0.344 e. The van der Waals surface area contributed by atoms with E-state index >= 15 is 0 Å². The van der Waals surface area contributed by atoms with Crippen molar-refractivity contribution in [2.45, 2.75) is 19.4 Å². The molecule has 0 aromatic heterocycles. The van der Waals surface area contributed by atoms with Gasteiger partial charge >= 0.3 is 5.97 Å². The molecule has 1 unspecified atom stereocenters. The number of carbonyl (C=O) groups excluding carboxylic acids is 2. The first kappa shape index (κ1) is 22.8. The molecule has 1 heterocycles. The molecule has 2 amide bonds. The fourth-order valence-electron chi connectivity index (χ4n) is 2.67. The van der Waals surface area contributed by atoms with Gasteiger partial charge in [0.2, 0.25) is 0 Å². The number of thioether (sulfide) groups is 1. The molecular weight excluding hydrogens is 460 g/mol. The summed E-state index contributed by atoms with van der Waals surface area (Å²) in [7, 11) is 0. The van der Waals surface area contributed by atoms with E-state index in [1.165, 1.54) is 6.07 Å². The summed E-state index contributed by atoms with van der Waals surface area (Å²) in [5, 5.41) is 10.6. The lowest BCUT2D eigenvalue weighted by Crippen LogP contribution is -2.44. The minimum Gasteiger partial charge on any atom is -0.479 e. The maximum absolute atomic E-state index is 12.8. The molecular formula is C21H17ClN2O5S2. The number of hydrogen-bond donors (Lipinski definition) is 2. The van der Waals surface area contributed by atoms with Gasteiger partial charge in [-0.25, -0.2) is 4.79 Å². The molecule has 1 atom stereocenters. The van der Waals surface area contributed by atoms with E-state index in [9.17, 15) is 19.5 Å². The van der Waals surface area contributed by atoms with Crippen molar-refractivity contribution < 1.29 is 24.2 Å². The van der Waals surface area contributed by atoms with Crippen molar-refractivity contribution in [3.63, 3.8) is 0 Å². The molecule has 160 valence electrons. The Hall–Kier alpha value is -2.88. The Morgan fingerprint density at radius 3 is 2.71 bits per heavy atom. The maximum atomic E-state index is 12.8. The van der Waals surface area contributed by atoms with Crippen LogP contribution in [0.25, 0.3) is 6.08 Å². The van der Waals surface area contributed by atoms with Gasteiger partial charge in [0, 0.05) is 16.1 Å². The second-order valence-electron chi connectivity index (χ2n) is 6.36. The summed E-state index contributed by atoms with van der Waals surface area (Å²) in [4.78, 5) is 36.8. The lowest BCUT2D eigenvalue weighted by Gasteiger charge is -2.16. The van der Waals surface area contributed by atoms with E-state index in [2.05, 4.69) is 5.43 Å². The molecule has 0 radical (unpaired) electrons. The van der Waals surface area contributed by atoms with Gasteiger partial charge in [-0.3, -0.25) is 15.0 Å². The highest BCUT2D eigenvalue weighted by Crippen LogP contribution is 2.33. The largest absolute Gasteiger partial charge is 0.479 e. The molecule has 0 spiro atoms. The third-order valence-electron chi connectivity index (χ3n) is 4.21. The van der Waals surface area contributed by atoms with Crippen LogP contribution in [0, 0.1) is 0 Å². The summed E-state index contributed by atoms with van der Waals surface area (Å²) < 4.78 is 5.75. The first-order valence-corrected chi connectivity index (χ1v) is 10.7. The molecule has 1 aliphatic rings. The molecule has 0 bridgehead atoms. The van der Waals surface area contributed by atoms with E-state index in [-0.39, 0.29) is 21.2 Å². The number of carboxylic acids is 1. The number of ether oxygens (including phenoxy) is 1. The first-order valence-electron chi connectivity index (χ1n) is 9.13. The van der Waals surface area contributed by atoms with E-state index in [1.54, 1.807) is 55.5 Å².